The second kappa shape index (κ2) is 3.38. The van der Waals surface area contributed by atoms with E-state index in [-0.39, 0.29) is 12.1 Å². The molecule has 4 heteroatoms. The number of aryl methyl sites for hydroxylation is 1. The molecule has 4 nitrogen and oxygen atoms in total. The van der Waals surface area contributed by atoms with Crippen LogP contribution < -0.4 is 4.74 Å². The highest BCUT2D eigenvalue weighted by atomic mass is 16.5. The first-order valence-electron chi connectivity index (χ1n) is 4.23. The Morgan fingerprint density at radius 3 is 2.62 bits per heavy atom. The van der Waals surface area contributed by atoms with Gasteiger partial charge in [0.1, 0.15) is 0 Å². The quantitative estimate of drug-likeness (QED) is 0.760. The van der Waals surface area contributed by atoms with Crippen molar-refractivity contribution in [1.29, 1.82) is 0 Å². The molecular weight excluding hydrogens is 168 g/mol. The van der Waals surface area contributed by atoms with Crippen molar-refractivity contribution in [2.45, 2.75) is 26.3 Å². The molecule has 0 amide bonds. The highest BCUT2D eigenvalue weighted by molar-refractivity contribution is 5.21. The van der Waals surface area contributed by atoms with Gasteiger partial charge in [-0.05, 0) is 20.8 Å². The second-order valence-corrected chi connectivity index (χ2v) is 3.74. The highest BCUT2D eigenvalue weighted by Gasteiger charge is 2.21. The van der Waals surface area contributed by atoms with E-state index in [1.54, 1.807) is 11.8 Å². The van der Waals surface area contributed by atoms with Gasteiger partial charge >= 0.3 is 0 Å². The molecule has 0 aliphatic rings. The molecule has 1 N–H and O–H groups in total. The van der Waals surface area contributed by atoms with E-state index in [0.29, 0.717) is 5.88 Å². The molecule has 0 aliphatic heterocycles. The van der Waals surface area contributed by atoms with Crippen LogP contribution in [0.1, 0.15) is 19.4 Å². The predicted octanol–water partition coefficient (Wildman–Crippen LogP) is 0.928. The molecule has 0 aromatic carbocycles. The van der Waals surface area contributed by atoms with Crippen molar-refractivity contribution in [2.24, 2.45) is 0 Å². The molecule has 1 aromatic rings. The first-order valence-corrected chi connectivity index (χ1v) is 4.23. The van der Waals surface area contributed by atoms with Gasteiger partial charge in [-0.25, -0.2) is 0 Å². The van der Waals surface area contributed by atoms with Gasteiger partial charge in [0.2, 0.25) is 5.88 Å². The molecule has 0 atom stereocenters. The van der Waals surface area contributed by atoms with Gasteiger partial charge in [-0.2, -0.15) is 0 Å². The summed E-state index contributed by atoms with van der Waals surface area (Å²) in [6.45, 7) is 5.81. The van der Waals surface area contributed by atoms with Crippen LogP contribution in [0.25, 0.3) is 0 Å². The van der Waals surface area contributed by atoms with Crippen LogP contribution in [0.2, 0.25) is 0 Å². The summed E-state index contributed by atoms with van der Waals surface area (Å²) in [6.07, 6.45) is 1.87. The van der Waals surface area contributed by atoms with Crippen LogP contribution >= 0.6 is 0 Å². The molecule has 0 saturated heterocycles. The number of aliphatic hydroxyl groups is 1. The van der Waals surface area contributed by atoms with Crippen LogP contribution in [0.5, 0.6) is 5.88 Å². The third-order valence-corrected chi connectivity index (χ3v) is 2.05. The van der Waals surface area contributed by atoms with Gasteiger partial charge < -0.3 is 9.84 Å². The fraction of sp³-hybridized carbons (Fsp3) is 0.667. The van der Waals surface area contributed by atoms with Crippen molar-refractivity contribution in [3.63, 3.8) is 0 Å². The van der Waals surface area contributed by atoms with Crippen LogP contribution in [0.4, 0.5) is 0 Å². The number of ether oxygens (including phenoxy) is 1. The Bertz CT molecular complexity index is 292. The number of rotatable bonds is 3. The van der Waals surface area contributed by atoms with Gasteiger partial charge in [-0.15, -0.1) is 5.10 Å². The average molecular weight is 184 g/mol. The number of nitrogens with zero attached hydrogens (tertiary/aromatic N) is 2. The van der Waals surface area contributed by atoms with Crippen LogP contribution in [-0.4, -0.2) is 28.6 Å². The van der Waals surface area contributed by atoms with E-state index in [1.165, 1.54) is 0 Å². The summed E-state index contributed by atoms with van der Waals surface area (Å²) in [6, 6.07) is 0. The van der Waals surface area contributed by atoms with E-state index in [0.717, 1.165) is 5.56 Å². The van der Waals surface area contributed by atoms with Crippen LogP contribution in [0.3, 0.4) is 0 Å². The molecule has 0 radical (unpaired) electrons. The van der Waals surface area contributed by atoms with Gasteiger partial charge in [-0.3, -0.25) is 4.68 Å². The fourth-order valence-corrected chi connectivity index (χ4v) is 1.03. The van der Waals surface area contributed by atoms with Crippen molar-refractivity contribution < 1.29 is 9.84 Å². The molecule has 13 heavy (non-hydrogen) atoms. The maximum absolute atomic E-state index is 9.12. The van der Waals surface area contributed by atoms with E-state index < -0.39 is 0 Å². The topological polar surface area (TPSA) is 47.3 Å². The summed E-state index contributed by atoms with van der Waals surface area (Å²) in [7, 11) is 1.59. The lowest BCUT2D eigenvalue weighted by Crippen LogP contribution is -2.30. The molecule has 74 valence electrons. The standard InChI is InChI=1S/C9H16N2O2/c1-7-5-11(9(2,3)6-12)10-8(7)13-4/h5,12H,6H2,1-4H3. The summed E-state index contributed by atoms with van der Waals surface area (Å²) in [5.41, 5.74) is 0.602. The third kappa shape index (κ3) is 1.83. The number of methoxy groups -OCH3 is 1. The van der Waals surface area contributed by atoms with Crippen molar-refractivity contribution >= 4 is 0 Å². The molecule has 0 unspecified atom stereocenters. The smallest absolute Gasteiger partial charge is 0.235 e. The number of aliphatic hydroxyl groups excluding tert-OH is 1. The summed E-state index contributed by atoms with van der Waals surface area (Å²) in [5, 5.41) is 13.3. The largest absolute Gasteiger partial charge is 0.480 e. The molecule has 1 heterocycles. The Morgan fingerprint density at radius 2 is 2.23 bits per heavy atom. The lowest BCUT2D eigenvalue weighted by atomic mass is 10.1. The van der Waals surface area contributed by atoms with Gasteiger partial charge in [0.25, 0.3) is 0 Å². The van der Waals surface area contributed by atoms with Crippen LogP contribution in [0, 0.1) is 6.92 Å². The van der Waals surface area contributed by atoms with Crippen LogP contribution in [-0.2, 0) is 5.54 Å². The Labute approximate surface area is 78.1 Å². The van der Waals surface area contributed by atoms with Gasteiger partial charge in [0, 0.05) is 11.8 Å². The minimum absolute atomic E-state index is 0.0529. The molecule has 1 aromatic heterocycles. The number of hydrogen-bond acceptors (Lipinski definition) is 3. The zero-order chi connectivity index (χ0) is 10.1. The van der Waals surface area contributed by atoms with E-state index in [2.05, 4.69) is 5.10 Å². The number of aromatic nitrogens is 2. The maximum Gasteiger partial charge on any atom is 0.235 e. The zero-order valence-corrected chi connectivity index (χ0v) is 8.53. The zero-order valence-electron chi connectivity index (χ0n) is 8.53. The van der Waals surface area contributed by atoms with E-state index >= 15 is 0 Å². The first-order chi connectivity index (χ1) is 6.01. The molecule has 0 spiro atoms. The molecule has 0 bridgehead atoms. The molecule has 0 fully saturated rings. The Hall–Kier alpha value is -1.03. The minimum Gasteiger partial charge on any atom is -0.480 e. The maximum atomic E-state index is 9.12. The fourth-order valence-electron chi connectivity index (χ4n) is 1.03. The Balaban J connectivity index is 3.03. The van der Waals surface area contributed by atoms with Gasteiger partial charge in [0.05, 0.1) is 19.3 Å². The van der Waals surface area contributed by atoms with E-state index in [1.807, 2.05) is 27.0 Å². The summed E-state index contributed by atoms with van der Waals surface area (Å²) in [5.74, 6) is 0.613. The van der Waals surface area contributed by atoms with Crippen molar-refractivity contribution in [1.82, 2.24) is 9.78 Å². The first kappa shape index (κ1) is 10.1. The second-order valence-electron chi connectivity index (χ2n) is 3.74. The SMILES string of the molecule is COc1nn(C(C)(C)CO)cc1C. The van der Waals surface area contributed by atoms with E-state index in [4.69, 9.17) is 9.84 Å². The van der Waals surface area contributed by atoms with Crippen molar-refractivity contribution in [3.05, 3.63) is 11.8 Å². The summed E-state index contributed by atoms with van der Waals surface area (Å²) in [4.78, 5) is 0. The van der Waals surface area contributed by atoms with Crippen LogP contribution in [0.15, 0.2) is 6.20 Å². The lowest BCUT2D eigenvalue weighted by molar-refractivity contribution is 0.150. The molecule has 1 rings (SSSR count). The van der Waals surface area contributed by atoms with Gasteiger partial charge in [-0.1, -0.05) is 0 Å². The summed E-state index contributed by atoms with van der Waals surface area (Å²) < 4.78 is 6.78. The number of hydrogen-bond donors (Lipinski definition) is 1. The van der Waals surface area contributed by atoms with E-state index in [9.17, 15) is 0 Å². The minimum atomic E-state index is -0.373. The Kier molecular flexibility index (Phi) is 2.61. The van der Waals surface area contributed by atoms with Crippen molar-refractivity contribution in [2.75, 3.05) is 13.7 Å². The molecule has 0 saturated carbocycles. The highest BCUT2D eigenvalue weighted by Crippen LogP contribution is 2.20. The van der Waals surface area contributed by atoms with Gasteiger partial charge in [0.15, 0.2) is 0 Å². The summed E-state index contributed by atoms with van der Waals surface area (Å²) >= 11 is 0. The van der Waals surface area contributed by atoms with Crippen molar-refractivity contribution in [3.8, 4) is 5.88 Å². The third-order valence-electron chi connectivity index (χ3n) is 2.05. The lowest BCUT2D eigenvalue weighted by Gasteiger charge is -2.21. The molecular formula is C9H16N2O2. The monoisotopic (exact) mass is 184 g/mol. The molecule has 0 aliphatic carbocycles. The predicted molar refractivity (Wildman–Crippen MR) is 49.9 cm³/mol. The average Bonchev–Trinajstić information content (AvgIpc) is 2.47. The normalized spacial score (nSPS) is 11.8. The Morgan fingerprint density at radius 1 is 1.62 bits per heavy atom.